The molecular formula is C18H27FN4O. The zero-order chi connectivity index (χ0) is 17.4. The van der Waals surface area contributed by atoms with Crippen LogP contribution in [0.3, 0.4) is 0 Å². The van der Waals surface area contributed by atoms with Crippen molar-refractivity contribution >= 4 is 11.9 Å². The lowest BCUT2D eigenvalue weighted by Crippen LogP contribution is -2.38. The first kappa shape index (κ1) is 18.2. The Balaban J connectivity index is 1.79. The molecule has 24 heavy (non-hydrogen) atoms. The summed E-state index contributed by atoms with van der Waals surface area (Å²) in [6.07, 6.45) is 3.48. The molecule has 0 spiro atoms. The van der Waals surface area contributed by atoms with Crippen LogP contribution >= 0.6 is 0 Å². The van der Waals surface area contributed by atoms with E-state index in [4.69, 9.17) is 0 Å². The van der Waals surface area contributed by atoms with Gasteiger partial charge >= 0.3 is 0 Å². The molecule has 0 unspecified atom stereocenters. The van der Waals surface area contributed by atoms with Crippen LogP contribution in [0.4, 0.5) is 4.39 Å². The Morgan fingerprint density at radius 1 is 1.33 bits per heavy atom. The van der Waals surface area contributed by atoms with E-state index in [0.717, 1.165) is 37.3 Å². The van der Waals surface area contributed by atoms with E-state index >= 15 is 0 Å². The summed E-state index contributed by atoms with van der Waals surface area (Å²) in [5, 5.41) is 6.23. The molecule has 0 aliphatic heterocycles. The monoisotopic (exact) mass is 334 g/mol. The Kier molecular flexibility index (Phi) is 7.03. The number of hydrogen-bond acceptors (Lipinski definition) is 2. The third kappa shape index (κ3) is 6.56. The first-order valence-electron chi connectivity index (χ1n) is 8.61. The van der Waals surface area contributed by atoms with Gasteiger partial charge in [-0.05, 0) is 43.9 Å². The molecule has 132 valence electrons. The van der Waals surface area contributed by atoms with Crippen LogP contribution in [0.5, 0.6) is 0 Å². The molecule has 6 heteroatoms. The van der Waals surface area contributed by atoms with E-state index in [-0.39, 0.29) is 11.7 Å². The van der Waals surface area contributed by atoms with Gasteiger partial charge in [-0.25, -0.2) is 4.39 Å². The Morgan fingerprint density at radius 3 is 2.67 bits per heavy atom. The van der Waals surface area contributed by atoms with Gasteiger partial charge < -0.3 is 15.5 Å². The van der Waals surface area contributed by atoms with Crippen molar-refractivity contribution in [2.24, 2.45) is 4.99 Å². The molecule has 0 atom stereocenters. The summed E-state index contributed by atoms with van der Waals surface area (Å²) in [5.41, 5.74) is 1.02. The summed E-state index contributed by atoms with van der Waals surface area (Å²) in [7, 11) is 1.95. The zero-order valence-electron chi connectivity index (χ0n) is 14.5. The predicted octanol–water partition coefficient (Wildman–Crippen LogP) is 2.28. The van der Waals surface area contributed by atoms with Gasteiger partial charge in [-0.2, -0.15) is 0 Å². The van der Waals surface area contributed by atoms with Crippen LogP contribution in [0.15, 0.2) is 29.3 Å². The maximum absolute atomic E-state index is 13.0. The maximum atomic E-state index is 13.0. The van der Waals surface area contributed by atoms with Gasteiger partial charge in [0.15, 0.2) is 5.96 Å². The van der Waals surface area contributed by atoms with E-state index < -0.39 is 0 Å². The standard InChI is InChI=1S/C18H27FN4O/c1-3-20-18(21-12-4-5-17(24)22-16-10-11-16)23(2)13-14-6-8-15(19)9-7-14/h6-9,16H,3-5,10-13H2,1-2H3,(H,20,21)(H,22,24). The highest BCUT2D eigenvalue weighted by atomic mass is 19.1. The second kappa shape index (κ2) is 9.25. The number of aliphatic imine (C=N–C) groups is 1. The SMILES string of the molecule is CCNC(=NCCCC(=O)NC1CC1)N(C)Cc1ccc(F)cc1. The molecule has 5 nitrogen and oxygen atoms in total. The number of carbonyl (C=O) groups excluding carboxylic acids is 1. The van der Waals surface area contributed by atoms with Gasteiger partial charge in [0, 0.05) is 39.1 Å². The summed E-state index contributed by atoms with van der Waals surface area (Å²) >= 11 is 0. The zero-order valence-corrected chi connectivity index (χ0v) is 14.5. The Bertz CT molecular complexity index is 555. The first-order valence-corrected chi connectivity index (χ1v) is 8.61. The summed E-state index contributed by atoms with van der Waals surface area (Å²) < 4.78 is 13.0. The largest absolute Gasteiger partial charge is 0.357 e. The average Bonchev–Trinajstić information content (AvgIpc) is 3.36. The fourth-order valence-electron chi connectivity index (χ4n) is 2.36. The minimum absolute atomic E-state index is 0.123. The van der Waals surface area contributed by atoms with Crippen LogP contribution in [0, 0.1) is 5.82 Å². The van der Waals surface area contributed by atoms with Crippen molar-refractivity contribution in [3.05, 3.63) is 35.6 Å². The predicted molar refractivity (Wildman–Crippen MR) is 94.2 cm³/mol. The number of nitrogens with zero attached hydrogens (tertiary/aromatic N) is 2. The minimum atomic E-state index is -0.230. The molecule has 0 bridgehead atoms. The average molecular weight is 334 g/mol. The minimum Gasteiger partial charge on any atom is -0.357 e. The Labute approximate surface area is 143 Å². The number of guanidine groups is 1. The molecule has 2 N–H and O–H groups in total. The molecule has 0 heterocycles. The van der Waals surface area contributed by atoms with Gasteiger partial charge in [0.1, 0.15) is 5.82 Å². The molecule has 1 aromatic carbocycles. The summed E-state index contributed by atoms with van der Waals surface area (Å²) in [4.78, 5) is 18.2. The molecule has 2 rings (SSSR count). The lowest BCUT2D eigenvalue weighted by atomic mass is 10.2. The number of halogens is 1. The topological polar surface area (TPSA) is 56.7 Å². The maximum Gasteiger partial charge on any atom is 0.220 e. The summed E-state index contributed by atoms with van der Waals surface area (Å²) in [6.45, 7) is 4.04. The van der Waals surface area contributed by atoms with Crippen LogP contribution < -0.4 is 10.6 Å². The van der Waals surface area contributed by atoms with Crippen molar-refractivity contribution in [2.75, 3.05) is 20.1 Å². The lowest BCUT2D eigenvalue weighted by molar-refractivity contribution is -0.121. The second-order valence-corrected chi connectivity index (χ2v) is 6.16. The van der Waals surface area contributed by atoms with Crippen molar-refractivity contribution in [1.29, 1.82) is 0 Å². The normalized spacial score (nSPS) is 14.4. The summed E-state index contributed by atoms with van der Waals surface area (Å²) in [6, 6.07) is 6.90. The first-order chi connectivity index (χ1) is 11.6. The van der Waals surface area contributed by atoms with Crippen molar-refractivity contribution in [3.8, 4) is 0 Å². The molecule has 1 aromatic rings. The molecule has 1 amide bonds. The molecule has 1 aliphatic carbocycles. The summed E-state index contributed by atoms with van der Waals surface area (Å²) in [5.74, 6) is 0.688. The number of nitrogens with one attached hydrogen (secondary N) is 2. The third-order valence-corrected chi connectivity index (χ3v) is 3.80. The third-order valence-electron chi connectivity index (χ3n) is 3.80. The number of carbonyl (C=O) groups is 1. The van der Waals surface area contributed by atoms with E-state index in [9.17, 15) is 9.18 Å². The molecule has 0 saturated heterocycles. The van der Waals surface area contributed by atoms with E-state index in [1.54, 1.807) is 12.1 Å². The molecule has 0 radical (unpaired) electrons. The number of hydrogen-bond donors (Lipinski definition) is 2. The van der Waals surface area contributed by atoms with Crippen molar-refractivity contribution in [2.45, 2.75) is 45.2 Å². The Hall–Kier alpha value is -2.11. The van der Waals surface area contributed by atoms with Gasteiger partial charge in [-0.15, -0.1) is 0 Å². The van der Waals surface area contributed by atoms with E-state index in [1.165, 1.54) is 12.1 Å². The van der Waals surface area contributed by atoms with E-state index in [1.807, 2.05) is 18.9 Å². The highest BCUT2D eigenvalue weighted by Crippen LogP contribution is 2.18. The quantitative estimate of drug-likeness (QED) is 0.436. The number of amides is 1. The van der Waals surface area contributed by atoms with E-state index in [2.05, 4.69) is 15.6 Å². The smallest absolute Gasteiger partial charge is 0.220 e. The van der Waals surface area contributed by atoms with Crippen LogP contribution in [-0.2, 0) is 11.3 Å². The van der Waals surface area contributed by atoms with Gasteiger partial charge in [0.25, 0.3) is 0 Å². The Morgan fingerprint density at radius 2 is 2.04 bits per heavy atom. The van der Waals surface area contributed by atoms with Crippen molar-refractivity contribution < 1.29 is 9.18 Å². The molecular weight excluding hydrogens is 307 g/mol. The molecule has 1 fully saturated rings. The second-order valence-electron chi connectivity index (χ2n) is 6.16. The van der Waals surface area contributed by atoms with Crippen LogP contribution in [0.25, 0.3) is 0 Å². The van der Waals surface area contributed by atoms with Crippen molar-refractivity contribution in [3.63, 3.8) is 0 Å². The number of rotatable bonds is 8. The molecule has 1 aliphatic rings. The van der Waals surface area contributed by atoms with E-state index in [0.29, 0.717) is 25.6 Å². The van der Waals surface area contributed by atoms with Gasteiger partial charge in [0.05, 0.1) is 0 Å². The number of benzene rings is 1. The van der Waals surface area contributed by atoms with Gasteiger partial charge in [-0.1, -0.05) is 12.1 Å². The fourth-order valence-corrected chi connectivity index (χ4v) is 2.36. The highest BCUT2D eigenvalue weighted by molar-refractivity contribution is 5.80. The van der Waals surface area contributed by atoms with Crippen LogP contribution in [0.1, 0.15) is 38.2 Å². The fraction of sp³-hybridized carbons (Fsp3) is 0.556. The molecule has 0 aromatic heterocycles. The van der Waals surface area contributed by atoms with Gasteiger partial charge in [0.2, 0.25) is 5.91 Å². The van der Waals surface area contributed by atoms with Crippen molar-refractivity contribution in [1.82, 2.24) is 15.5 Å². The van der Waals surface area contributed by atoms with Crippen LogP contribution in [-0.4, -0.2) is 42.9 Å². The van der Waals surface area contributed by atoms with Crippen LogP contribution in [0.2, 0.25) is 0 Å². The lowest BCUT2D eigenvalue weighted by Gasteiger charge is -2.22. The molecule has 1 saturated carbocycles. The van der Waals surface area contributed by atoms with Gasteiger partial charge in [-0.3, -0.25) is 9.79 Å². The highest BCUT2D eigenvalue weighted by Gasteiger charge is 2.22.